The molecule has 0 spiro atoms. The van der Waals surface area contributed by atoms with E-state index in [1.165, 1.54) is 0 Å². The van der Waals surface area contributed by atoms with E-state index in [1.54, 1.807) is 7.11 Å². The van der Waals surface area contributed by atoms with Gasteiger partial charge in [-0.15, -0.1) is 0 Å². The standard InChI is InChI=1S/C20H23NO4/c1-24-20(8-10-25-11-9-20)18(21)17(19(22)23)13-14-6-7-15-4-2-3-5-16(15)12-14/h2-7,12H,8-11,13,21H2,1H3,(H,22,23)/b18-17+. The van der Waals surface area contributed by atoms with Crippen LogP contribution in [0.1, 0.15) is 18.4 Å². The van der Waals surface area contributed by atoms with Gasteiger partial charge in [-0.25, -0.2) is 4.79 Å². The average Bonchev–Trinajstić information content (AvgIpc) is 2.65. The minimum atomic E-state index is -1.01. The van der Waals surface area contributed by atoms with Crippen molar-refractivity contribution in [3.63, 3.8) is 0 Å². The number of hydrogen-bond donors (Lipinski definition) is 2. The van der Waals surface area contributed by atoms with Gasteiger partial charge in [-0.3, -0.25) is 0 Å². The van der Waals surface area contributed by atoms with Gasteiger partial charge in [0.25, 0.3) is 0 Å². The number of carboxylic acid groups (broad SMARTS) is 1. The van der Waals surface area contributed by atoms with E-state index >= 15 is 0 Å². The minimum absolute atomic E-state index is 0.194. The van der Waals surface area contributed by atoms with Crippen LogP contribution in [0.3, 0.4) is 0 Å². The van der Waals surface area contributed by atoms with Crippen LogP contribution in [-0.4, -0.2) is 37.0 Å². The zero-order valence-corrected chi connectivity index (χ0v) is 14.3. The van der Waals surface area contributed by atoms with Gasteiger partial charge >= 0.3 is 5.97 Å². The number of carbonyl (C=O) groups is 1. The molecule has 5 heteroatoms. The summed E-state index contributed by atoms with van der Waals surface area (Å²) in [6, 6.07) is 14.0. The van der Waals surface area contributed by atoms with Crippen molar-refractivity contribution < 1.29 is 19.4 Å². The zero-order chi connectivity index (χ0) is 17.9. The SMILES string of the molecule is COC1(/C(N)=C(/Cc2ccc3ccccc3c2)C(=O)O)CCOCC1. The highest BCUT2D eigenvalue weighted by Crippen LogP contribution is 2.32. The van der Waals surface area contributed by atoms with Gasteiger partial charge in [0.2, 0.25) is 0 Å². The molecule has 2 aromatic carbocycles. The second-order valence-electron chi connectivity index (χ2n) is 6.37. The highest BCUT2D eigenvalue weighted by molar-refractivity contribution is 5.89. The van der Waals surface area contributed by atoms with Gasteiger partial charge in [0.1, 0.15) is 5.60 Å². The van der Waals surface area contributed by atoms with Crippen LogP contribution in [0.2, 0.25) is 0 Å². The summed E-state index contributed by atoms with van der Waals surface area (Å²) in [6.07, 6.45) is 1.38. The summed E-state index contributed by atoms with van der Waals surface area (Å²) >= 11 is 0. The first-order chi connectivity index (χ1) is 12.1. The van der Waals surface area contributed by atoms with Gasteiger partial charge in [0, 0.05) is 39.6 Å². The highest BCUT2D eigenvalue weighted by atomic mass is 16.5. The maximum absolute atomic E-state index is 11.9. The summed E-state index contributed by atoms with van der Waals surface area (Å²) in [5.41, 5.74) is 6.97. The van der Waals surface area contributed by atoms with Crippen molar-refractivity contribution in [2.45, 2.75) is 24.9 Å². The molecule has 0 aliphatic carbocycles. The summed E-state index contributed by atoms with van der Waals surface area (Å²) in [7, 11) is 1.58. The first-order valence-electron chi connectivity index (χ1n) is 8.39. The highest BCUT2D eigenvalue weighted by Gasteiger charge is 2.38. The number of benzene rings is 2. The van der Waals surface area contributed by atoms with Crippen molar-refractivity contribution in [1.82, 2.24) is 0 Å². The minimum Gasteiger partial charge on any atom is -0.478 e. The number of fused-ring (bicyclic) bond motifs is 1. The van der Waals surface area contributed by atoms with E-state index in [1.807, 2.05) is 42.5 Å². The normalized spacial score (nSPS) is 18.0. The first-order valence-corrected chi connectivity index (χ1v) is 8.39. The maximum Gasteiger partial charge on any atom is 0.333 e. The van der Waals surface area contributed by atoms with Crippen molar-refractivity contribution in [2.75, 3.05) is 20.3 Å². The molecule has 0 saturated carbocycles. The van der Waals surface area contributed by atoms with Crippen molar-refractivity contribution >= 4 is 16.7 Å². The third-order valence-corrected chi connectivity index (χ3v) is 4.96. The van der Waals surface area contributed by atoms with E-state index in [0.717, 1.165) is 16.3 Å². The quantitative estimate of drug-likeness (QED) is 0.817. The number of carboxylic acids is 1. The lowest BCUT2D eigenvalue weighted by atomic mass is 9.86. The molecule has 132 valence electrons. The molecule has 3 N–H and O–H groups in total. The van der Waals surface area contributed by atoms with Crippen LogP contribution in [0.15, 0.2) is 53.7 Å². The van der Waals surface area contributed by atoms with Gasteiger partial charge in [0.05, 0.1) is 11.3 Å². The van der Waals surface area contributed by atoms with Crippen LogP contribution < -0.4 is 5.73 Å². The molecular weight excluding hydrogens is 318 g/mol. The van der Waals surface area contributed by atoms with Gasteiger partial charge in [-0.1, -0.05) is 42.5 Å². The maximum atomic E-state index is 11.9. The fraction of sp³-hybridized carbons (Fsp3) is 0.350. The third-order valence-electron chi connectivity index (χ3n) is 4.96. The molecule has 0 unspecified atom stereocenters. The largest absolute Gasteiger partial charge is 0.478 e. The first kappa shape index (κ1) is 17.5. The number of rotatable bonds is 5. The van der Waals surface area contributed by atoms with E-state index < -0.39 is 11.6 Å². The number of aliphatic carboxylic acids is 1. The Morgan fingerprint density at radius 2 is 1.88 bits per heavy atom. The third kappa shape index (κ3) is 3.52. The summed E-state index contributed by atoms with van der Waals surface area (Å²) < 4.78 is 11.0. The Kier molecular flexibility index (Phi) is 5.06. The lowest BCUT2D eigenvalue weighted by Crippen LogP contribution is -2.44. The molecular formula is C20H23NO4. The molecule has 1 aliphatic heterocycles. The average molecular weight is 341 g/mol. The van der Waals surface area contributed by atoms with Crippen LogP contribution >= 0.6 is 0 Å². The van der Waals surface area contributed by atoms with Gasteiger partial charge in [-0.2, -0.15) is 0 Å². The van der Waals surface area contributed by atoms with E-state index in [0.29, 0.717) is 31.8 Å². The Balaban J connectivity index is 1.98. The molecule has 0 bridgehead atoms. The van der Waals surface area contributed by atoms with Crippen LogP contribution in [0.25, 0.3) is 10.8 Å². The Morgan fingerprint density at radius 1 is 1.20 bits per heavy atom. The molecule has 25 heavy (non-hydrogen) atoms. The van der Waals surface area contributed by atoms with Crippen molar-refractivity contribution in [2.24, 2.45) is 5.73 Å². The molecule has 2 aromatic rings. The Morgan fingerprint density at radius 3 is 2.52 bits per heavy atom. The number of nitrogens with two attached hydrogens (primary N) is 1. The summed E-state index contributed by atoms with van der Waals surface area (Å²) in [5.74, 6) is -1.01. The predicted molar refractivity (Wildman–Crippen MR) is 96.3 cm³/mol. The van der Waals surface area contributed by atoms with Crippen LogP contribution in [0.5, 0.6) is 0 Å². The fourth-order valence-electron chi connectivity index (χ4n) is 3.40. The summed E-state index contributed by atoms with van der Waals surface area (Å²) in [6.45, 7) is 1.02. The number of ether oxygens (including phenoxy) is 2. The lowest BCUT2D eigenvalue weighted by Gasteiger charge is -2.37. The Hall–Kier alpha value is -2.37. The van der Waals surface area contributed by atoms with Crippen molar-refractivity contribution in [3.8, 4) is 0 Å². The zero-order valence-electron chi connectivity index (χ0n) is 14.3. The molecule has 5 nitrogen and oxygen atoms in total. The van der Waals surface area contributed by atoms with Crippen LogP contribution in [0, 0.1) is 0 Å². The smallest absolute Gasteiger partial charge is 0.333 e. The summed E-state index contributed by atoms with van der Waals surface area (Å²) in [4.78, 5) is 11.9. The lowest BCUT2D eigenvalue weighted by molar-refractivity contribution is -0.133. The molecule has 0 radical (unpaired) electrons. The second kappa shape index (κ2) is 7.25. The molecule has 0 aromatic heterocycles. The van der Waals surface area contributed by atoms with Crippen LogP contribution in [0.4, 0.5) is 0 Å². The number of hydrogen-bond acceptors (Lipinski definition) is 4. The molecule has 3 rings (SSSR count). The monoisotopic (exact) mass is 341 g/mol. The molecule has 1 saturated heterocycles. The van der Waals surface area contributed by atoms with Gasteiger partial charge < -0.3 is 20.3 Å². The molecule has 1 heterocycles. The molecule has 0 amide bonds. The Bertz CT molecular complexity index is 806. The number of methoxy groups -OCH3 is 1. The van der Waals surface area contributed by atoms with E-state index in [-0.39, 0.29) is 12.0 Å². The molecule has 1 aliphatic rings. The van der Waals surface area contributed by atoms with E-state index in [4.69, 9.17) is 15.2 Å². The second-order valence-corrected chi connectivity index (χ2v) is 6.37. The predicted octanol–water partition coefficient (Wildman–Crippen LogP) is 2.88. The van der Waals surface area contributed by atoms with Gasteiger partial charge in [0.15, 0.2) is 0 Å². The van der Waals surface area contributed by atoms with Crippen molar-refractivity contribution in [3.05, 3.63) is 59.3 Å². The van der Waals surface area contributed by atoms with E-state index in [2.05, 4.69) is 0 Å². The summed E-state index contributed by atoms with van der Waals surface area (Å²) in [5, 5.41) is 11.9. The van der Waals surface area contributed by atoms with Crippen LogP contribution in [-0.2, 0) is 20.7 Å². The van der Waals surface area contributed by atoms with Gasteiger partial charge in [-0.05, 0) is 16.3 Å². The van der Waals surface area contributed by atoms with E-state index in [9.17, 15) is 9.90 Å². The molecule has 1 fully saturated rings. The molecule has 0 atom stereocenters. The fourth-order valence-corrected chi connectivity index (χ4v) is 3.40. The topological polar surface area (TPSA) is 81.8 Å². The Labute approximate surface area is 147 Å². The van der Waals surface area contributed by atoms with Crippen molar-refractivity contribution in [1.29, 1.82) is 0 Å².